The maximum absolute atomic E-state index is 14.2. The molecule has 1 radical (unpaired) electrons. The smallest absolute Gasteiger partial charge is 0.285 e. The second-order valence-electron chi connectivity index (χ2n) is 6.23. The van der Waals surface area contributed by atoms with Crippen molar-refractivity contribution >= 4 is 40.2 Å². The van der Waals surface area contributed by atoms with E-state index in [1.165, 1.54) is 0 Å². The van der Waals surface area contributed by atoms with E-state index in [-0.39, 0.29) is 0 Å². The SMILES string of the molecule is CC[Si]([O])(c1cccc2ccccc12)c1cccc2ccccc12. The molecule has 0 fully saturated rings. The van der Waals surface area contributed by atoms with Crippen LogP contribution >= 0.6 is 0 Å². The minimum Gasteiger partial charge on any atom is -0.285 e. The molecule has 0 heterocycles. The Morgan fingerprint density at radius 1 is 0.625 bits per heavy atom. The van der Waals surface area contributed by atoms with Crippen molar-refractivity contribution in [1.29, 1.82) is 0 Å². The molecule has 24 heavy (non-hydrogen) atoms. The molecular weight excluding hydrogens is 308 g/mol. The summed E-state index contributed by atoms with van der Waals surface area (Å²) in [6.45, 7) is 2.04. The van der Waals surface area contributed by atoms with Crippen molar-refractivity contribution in [3.63, 3.8) is 0 Å². The summed E-state index contributed by atoms with van der Waals surface area (Å²) in [4.78, 5) is 14.2. The highest BCUT2D eigenvalue weighted by atomic mass is 28.4. The molecule has 0 amide bonds. The molecule has 4 aromatic rings. The molecule has 0 aliphatic rings. The molecule has 4 rings (SSSR count). The molecule has 0 bridgehead atoms. The first kappa shape index (κ1) is 15.1. The summed E-state index contributed by atoms with van der Waals surface area (Å²) < 4.78 is 0. The van der Waals surface area contributed by atoms with Crippen LogP contribution in [-0.4, -0.2) is 8.32 Å². The van der Waals surface area contributed by atoms with E-state index in [9.17, 15) is 4.80 Å². The minimum atomic E-state index is -3.05. The molecule has 0 atom stereocenters. The van der Waals surface area contributed by atoms with Gasteiger partial charge in [-0.25, -0.2) is 0 Å². The number of hydrogen-bond donors (Lipinski definition) is 0. The van der Waals surface area contributed by atoms with E-state index in [0.717, 1.165) is 31.9 Å². The van der Waals surface area contributed by atoms with E-state index in [0.29, 0.717) is 6.04 Å². The molecule has 0 saturated carbocycles. The molecule has 0 aliphatic carbocycles. The lowest BCUT2D eigenvalue weighted by Crippen LogP contribution is -2.57. The van der Waals surface area contributed by atoms with Crippen LogP contribution in [0.5, 0.6) is 0 Å². The second kappa shape index (κ2) is 5.89. The number of rotatable bonds is 3. The van der Waals surface area contributed by atoms with Crippen molar-refractivity contribution in [3.05, 3.63) is 84.9 Å². The van der Waals surface area contributed by atoms with Crippen molar-refractivity contribution in [2.24, 2.45) is 0 Å². The van der Waals surface area contributed by atoms with Crippen molar-refractivity contribution < 1.29 is 4.80 Å². The van der Waals surface area contributed by atoms with Gasteiger partial charge in [-0.2, -0.15) is 0 Å². The van der Waals surface area contributed by atoms with Crippen LogP contribution in [0.4, 0.5) is 0 Å². The molecule has 0 saturated heterocycles. The van der Waals surface area contributed by atoms with Gasteiger partial charge in [0.1, 0.15) is 0 Å². The molecule has 0 N–H and O–H groups in total. The van der Waals surface area contributed by atoms with Gasteiger partial charge in [0, 0.05) is 0 Å². The Bertz CT molecular complexity index is 932. The maximum Gasteiger partial charge on any atom is 0.299 e. The standard InChI is InChI=1S/C22H19OSi/c1-2-24(23,21-15-7-11-17-9-3-5-13-19(17)21)22-16-8-12-18-10-4-6-14-20(18)22/h3-16H,2H2,1H3. The highest BCUT2D eigenvalue weighted by Crippen LogP contribution is 2.21. The van der Waals surface area contributed by atoms with E-state index >= 15 is 0 Å². The molecule has 117 valence electrons. The van der Waals surface area contributed by atoms with Gasteiger partial charge in [0.15, 0.2) is 0 Å². The number of benzene rings is 4. The van der Waals surface area contributed by atoms with E-state index in [1.54, 1.807) is 0 Å². The van der Waals surface area contributed by atoms with Crippen LogP contribution in [0.3, 0.4) is 0 Å². The van der Waals surface area contributed by atoms with Crippen molar-refractivity contribution in [2.75, 3.05) is 0 Å². The predicted molar refractivity (Wildman–Crippen MR) is 104 cm³/mol. The summed E-state index contributed by atoms with van der Waals surface area (Å²) in [5.74, 6) is 0. The van der Waals surface area contributed by atoms with E-state index < -0.39 is 8.32 Å². The van der Waals surface area contributed by atoms with Crippen molar-refractivity contribution in [1.82, 2.24) is 0 Å². The first-order valence-corrected chi connectivity index (χ1v) is 10.5. The molecular formula is C22H19OSi. The second-order valence-corrected chi connectivity index (χ2v) is 9.67. The highest BCUT2D eigenvalue weighted by molar-refractivity contribution is 6.98. The molecule has 0 aromatic heterocycles. The summed E-state index contributed by atoms with van der Waals surface area (Å²) in [6, 6.07) is 29.5. The largest absolute Gasteiger partial charge is 0.299 e. The Balaban J connectivity index is 2.05. The van der Waals surface area contributed by atoms with Gasteiger partial charge in [0.2, 0.25) is 0 Å². The average molecular weight is 327 g/mol. The Morgan fingerprint density at radius 2 is 1.04 bits per heavy atom. The highest BCUT2D eigenvalue weighted by Gasteiger charge is 2.39. The van der Waals surface area contributed by atoms with Gasteiger partial charge >= 0.3 is 0 Å². The minimum absolute atomic E-state index is 0.648. The van der Waals surface area contributed by atoms with E-state index in [1.807, 2.05) is 55.5 Å². The molecule has 4 aromatic carbocycles. The first-order chi connectivity index (χ1) is 11.7. The Labute approximate surface area is 143 Å². The average Bonchev–Trinajstić information content (AvgIpc) is 2.66. The molecule has 0 aliphatic heterocycles. The fourth-order valence-electron chi connectivity index (χ4n) is 3.68. The van der Waals surface area contributed by atoms with Gasteiger partial charge < -0.3 is 0 Å². The number of hydrogen-bond acceptors (Lipinski definition) is 0. The van der Waals surface area contributed by atoms with Crippen molar-refractivity contribution in [3.8, 4) is 0 Å². The van der Waals surface area contributed by atoms with E-state index in [4.69, 9.17) is 0 Å². The van der Waals surface area contributed by atoms with Gasteiger partial charge in [0.25, 0.3) is 8.32 Å². The zero-order valence-corrected chi connectivity index (χ0v) is 14.7. The monoisotopic (exact) mass is 327 g/mol. The van der Waals surface area contributed by atoms with Crippen LogP contribution in [0.2, 0.25) is 6.04 Å². The quantitative estimate of drug-likeness (QED) is 0.494. The van der Waals surface area contributed by atoms with Crippen molar-refractivity contribution in [2.45, 2.75) is 13.0 Å². The lowest BCUT2D eigenvalue weighted by molar-refractivity contribution is 0.444. The van der Waals surface area contributed by atoms with Crippen LogP contribution in [0.1, 0.15) is 6.92 Å². The lowest BCUT2D eigenvalue weighted by atomic mass is 10.1. The Kier molecular flexibility index (Phi) is 3.71. The lowest BCUT2D eigenvalue weighted by Gasteiger charge is -2.25. The Hall–Kier alpha value is -2.42. The molecule has 0 spiro atoms. The predicted octanol–water partition coefficient (Wildman–Crippen LogP) is 4.50. The zero-order valence-electron chi connectivity index (χ0n) is 13.7. The van der Waals surface area contributed by atoms with Crippen LogP contribution in [0.15, 0.2) is 84.9 Å². The third kappa shape index (κ3) is 2.27. The Morgan fingerprint density at radius 3 is 1.50 bits per heavy atom. The summed E-state index contributed by atoms with van der Waals surface area (Å²) >= 11 is 0. The fourth-order valence-corrected chi connectivity index (χ4v) is 6.79. The third-order valence-electron chi connectivity index (χ3n) is 4.95. The third-order valence-corrected chi connectivity index (χ3v) is 8.56. The van der Waals surface area contributed by atoms with Gasteiger partial charge in [-0.3, -0.25) is 4.80 Å². The number of fused-ring (bicyclic) bond motifs is 2. The molecule has 0 unspecified atom stereocenters. The normalized spacial score (nSPS) is 11.9. The first-order valence-electron chi connectivity index (χ1n) is 8.41. The fraction of sp³-hybridized carbons (Fsp3) is 0.0909. The van der Waals surface area contributed by atoms with Gasteiger partial charge in [-0.15, -0.1) is 0 Å². The topological polar surface area (TPSA) is 19.9 Å². The summed E-state index contributed by atoms with van der Waals surface area (Å²) in [5, 5.41) is 6.51. The van der Waals surface area contributed by atoms with Crippen LogP contribution in [-0.2, 0) is 4.80 Å². The van der Waals surface area contributed by atoms with E-state index in [2.05, 4.69) is 36.4 Å². The van der Waals surface area contributed by atoms with Crippen LogP contribution in [0, 0.1) is 0 Å². The summed E-state index contributed by atoms with van der Waals surface area (Å²) in [6.07, 6.45) is 0. The summed E-state index contributed by atoms with van der Waals surface area (Å²) in [5.41, 5.74) is 0. The maximum atomic E-state index is 14.2. The van der Waals surface area contributed by atoms with Gasteiger partial charge in [0.05, 0.1) is 0 Å². The molecule has 2 heteroatoms. The van der Waals surface area contributed by atoms with Gasteiger partial charge in [-0.05, 0) is 38.0 Å². The van der Waals surface area contributed by atoms with Gasteiger partial charge in [-0.1, -0.05) is 91.9 Å². The molecule has 1 nitrogen and oxygen atoms in total. The van der Waals surface area contributed by atoms with Crippen LogP contribution in [0.25, 0.3) is 21.5 Å². The summed E-state index contributed by atoms with van der Waals surface area (Å²) in [7, 11) is -3.05. The zero-order chi connectivity index (χ0) is 16.6. The van der Waals surface area contributed by atoms with Crippen LogP contribution < -0.4 is 10.4 Å².